The van der Waals surface area contributed by atoms with E-state index in [-0.39, 0.29) is 0 Å². The van der Waals surface area contributed by atoms with E-state index in [1.54, 1.807) is 0 Å². The Morgan fingerprint density at radius 3 is 2.25 bits per heavy atom. The van der Waals surface area contributed by atoms with E-state index in [4.69, 9.17) is 5.73 Å². The van der Waals surface area contributed by atoms with Crippen LogP contribution in [0.1, 0.15) is 31.4 Å². The first-order valence-corrected chi connectivity index (χ1v) is 7.41. The van der Waals surface area contributed by atoms with Crippen molar-refractivity contribution in [2.24, 2.45) is 0 Å². The smallest absolute Gasteiger partial charge is 0.0429 e. The molecule has 0 heterocycles. The molecule has 2 rings (SSSR count). The van der Waals surface area contributed by atoms with E-state index in [0.29, 0.717) is 0 Å². The zero-order chi connectivity index (χ0) is 14.4. The van der Waals surface area contributed by atoms with Gasteiger partial charge in [0.1, 0.15) is 0 Å². The third kappa shape index (κ3) is 3.77. The van der Waals surface area contributed by atoms with Crippen LogP contribution in [0.25, 0.3) is 0 Å². The van der Waals surface area contributed by atoms with Gasteiger partial charge in [0.2, 0.25) is 0 Å². The molecule has 0 aliphatic heterocycles. The van der Waals surface area contributed by atoms with E-state index in [9.17, 15) is 0 Å². The minimum atomic E-state index is 0.824. The van der Waals surface area contributed by atoms with Gasteiger partial charge in [0, 0.05) is 24.5 Å². The maximum atomic E-state index is 5.90. The average Bonchev–Trinajstić information content (AvgIpc) is 2.47. The van der Waals surface area contributed by atoms with Crippen molar-refractivity contribution in [3.05, 3.63) is 59.7 Å². The molecule has 0 aromatic heterocycles. The first kappa shape index (κ1) is 14.4. The zero-order valence-corrected chi connectivity index (χ0v) is 12.5. The highest BCUT2D eigenvalue weighted by atomic mass is 15.1. The topological polar surface area (TPSA) is 29.3 Å². The van der Waals surface area contributed by atoms with Gasteiger partial charge in [-0.2, -0.15) is 0 Å². The van der Waals surface area contributed by atoms with E-state index < -0.39 is 0 Å². The lowest BCUT2D eigenvalue weighted by Gasteiger charge is -2.25. The van der Waals surface area contributed by atoms with Gasteiger partial charge in [-0.25, -0.2) is 0 Å². The molecule has 2 nitrogen and oxygen atoms in total. The molecule has 2 aromatic rings. The number of anilines is 2. The van der Waals surface area contributed by atoms with Gasteiger partial charge < -0.3 is 10.6 Å². The summed E-state index contributed by atoms with van der Waals surface area (Å²) in [6.07, 6.45) is 2.22. The van der Waals surface area contributed by atoms with Crippen molar-refractivity contribution in [3.63, 3.8) is 0 Å². The molecule has 0 saturated heterocycles. The van der Waals surface area contributed by atoms with E-state index in [2.05, 4.69) is 55.1 Å². The molecule has 0 amide bonds. The summed E-state index contributed by atoms with van der Waals surface area (Å²) in [5.41, 5.74) is 10.7. The summed E-state index contributed by atoms with van der Waals surface area (Å²) in [4.78, 5) is 2.39. The van der Waals surface area contributed by atoms with Crippen LogP contribution in [0.3, 0.4) is 0 Å². The normalized spacial score (nSPS) is 10.5. The fourth-order valence-electron chi connectivity index (χ4n) is 2.39. The largest absolute Gasteiger partial charge is 0.399 e. The SMILES string of the molecule is CCCN(Cc1ccc(CC)cc1)c1cccc(N)c1. The molecule has 106 valence electrons. The number of nitrogens with zero attached hydrogens (tertiary/aromatic N) is 1. The lowest BCUT2D eigenvalue weighted by atomic mass is 10.1. The summed E-state index contributed by atoms with van der Waals surface area (Å²) >= 11 is 0. The molecule has 2 aromatic carbocycles. The Morgan fingerprint density at radius 2 is 1.65 bits per heavy atom. The van der Waals surface area contributed by atoms with Crippen molar-refractivity contribution in [1.82, 2.24) is 0 Å². The molecule has 0 fully saturated rings. The second-order valence-corrected chi connectivity index (χ2v) is 5.19. The second-order valence-electron chi connectivity index (χ2n) is 5.19. The summed E-state index contributed by atoms with van der Waals surface area (Å²) in [7, 11) is 0. The lowest BCUT2D eigenvalue weighted by Crippen LogP contribution is -2.23. The summed E-state index contributed by atoms with van der Waals surface area (Å²) < 4.78 is 0. The predicted molar refractivity (Wildman–Crippen MR) is 88.0 cm³/mol. The van der Waals surface area contributed by atoms with Crippen molar-refractivity contribution in [2.75, 3.05) is 17.2 Å². The van der Waals surface area contributed by atoms with Crippen LogP contribution in [0.5, 0.6) is 0 Å². The van der Waals surface area contributed by atoms with Crippen molar-refractivity contribution in [1.29, 1.82) is 0 Å². The van der Waals surface area contributed by atoms with Crippen LogP contribution >= 0.6 is 0 Å². The van der Waals surface area contributed by atoms with Crippen LogP contribution < -0.4 is 10.6 Å². The molecule has 0 bridgehead atoms. The summed E-state index contributed by atoms with van der Waals surface area (Å²) in [5, 5.41) is 0. The zero-order valence-electron chi connectivity index (χ0n) is 12.5. The first-order valence-electron chi connectivity index (χ1n) is 7.41. The molecular formula is C18H24N2. The van der Waals surface area contributed by atoms with Crippen molar-refractivity contribution in [3.8, 4) is 0 Å². The predicted octanol–water partition coefficient (Wildman–Crippen LogP) is 4.25. The summed E-state index contributed by atoms with van der Waals surface area (Å²) in [5.74, 6) is 0. The van der Waals surface area contributed by atoms with E-state index in [1.807, 2.05) is 12.1 Å². The fraction of sp³-hybridized carbons (Fsp3) is 0.333. The van der Waals surface area contributed by atoms with Crippen molar-refractivity contribution >= 4 is 11.4 Å². The van der Waals surface area contributed by atoms with Crippen LogP contribution in [0.4, 0.5) is 11.4 Å². The van der Waals surface area contributed by atoms with Gasteiger partial charge in [-0.05, 0) is 42.2 Å². The van der Waals surface area contributed by atoms with Crippen LogP contribution in [0.15, 0.2) is 48.5 Å². The van der Waals surface area contributed by atoms with Crippen molar-refractivity contribution in [2.45, 2.75) is 33.2 Å². The number of nitrogen functional groups attached to an aromatic ring is 1. The monoisotopic (exact) mass is 268 g/mol. The van der Waals surface area contributed by atoms with E-state index in [1.165, 1.54) is 16.8 Å². The number of rotatable bonds is 6. The molecule has 0 radical (unpaired) electrons. The van der Waals surface area contributed by atoms with Crippen LogP contribution in [-0.2, 0) is 13.0 Å². The summed E-state index contributed by atoms with van der Waals surface area (Å²) in [6, 6.07) is 17.0. The van der Waals surface area contributed by atoms with Gasteiger partial charge in [0.05, 0.1) is 0 Å². The molecule has 0 spiro atoms. The van der Waals surface area contributed by atoms with Gasteiger partial charge >= 0.3 is 0 Å². The van der Waals surface area contributed by atoms with Gasteiger partial charge in [-0.15, -0.1) is 0 Å². The molecule has 0 atom stereocenters. The summed E-state index contributed by atoms with van der Waals surface area (Å²) in [6.45, 7) is 6.37. The molecule has 20 heavy (non-hydrogen) atoms. The number of aryl methyl sites for hydroxylation is 1. The number of nitrogens with two attached hydrogens (primary N) is 1. The van der Waals surface area contributed by atoms with Crippen LogP contribution in [0, 0.1) is 0 Å². The third-order valence-corrected chi connectivity index (χ3v) is 3.53. The molecule has 2 N–H and O–H groups in total. The second kappa shape index (κ2) is 6.99. The highest BCUT2D eigenvalue weighted by molar-refractivity contribution is 5.56. The lowest BCUT2D eigenvalue weighted by molar-refractivity contribution is 0.767. The third-order valence-electron chi connectivity index (χ3n) is 3.53. The van der Waals surface area contributed by atoms with Crippen LogP contribution in [0.2, 0.25) is 0 Å². The maximum Gasteiger partial charge on any atom is 0.0429 e. The van der Waals surface area contributed by atoms with Gasteiger partial charge in [-0.3, -0.25) is 0 Å². The fourth-order valence-corrected chi connectivity index (χ4v) is 2.39. The molecule has 0 aliphatic carbocycles. The van der Waals surface area contributed by atoms with Crippen LogP contribution in [-0.4, -0.2) is 6.54 Å². The first-order chi connectivity index (χ1) is 9.72. The minimum Gasteiger partial charge on any atom is -0.399 e. The Morgan fingerprint density at radius 1 is 0.950 bits per heavy atom. The van der Waals surface area contributed by atoms with Gasteiger partial charge in [0.25, 0.3) is 0 Å². The Balaban J connectivity index is 2.16. The molecule has 0 unspecified atom stereocenters. The standard InChI is InChI=1S/C18H24N2/c1-3-12-20(18-7-5-6-17(19)13-18)14-16-10-8-15(4-2)9-11-16/h5-11,13H,3-4,12,14,19H2,1-2H3. The maximum absolute atomic E-state index is 5.90. The molecule has 2 heteroatoms. The molecule has 0 saturated carbocycles. The minimum absolute atomic E-state index is 0.824. The Bertz CT molecular complexity index is 531. The Labute approximate surface area is 122 Å². The highest BCUT2D eigenvalue weighted by Crippen LogP contribution is 2.20. The quantitative estimate of drug-likeness (QED) is 0.794. The van der Waals surface area contributed by atoms with E-state index >= 15 is 0 Å². The van der Waals surface area contributed by atoms with Gasteiger partial charge in [0.15, 0.2) is 0 Å². The highest BCUT2D eigenvalue weighted by Gasteiger charge is 2.07. The number of hydrogen-bond donors (Lipinski definition) is 1. The van der Waals surface area contributed by atoms with Gasteiger partial charge in [-0.1, -0.05) is 44.2 Å². The average molecular weight is 268 g/mol. The number of benzene rings is 2. The molecule has 0 aliphatic rings. The number of hydrogen-bond acceptors (Lipinski definition) is 2. The van der Waals surface area contributed by atoms with Crippen molar-refractivity contribution < 1.29 is 0 Å². The Kier molecular flexibility index (Phi) is 5.05. The molecular weight excluding hydrogens is 244 g/mol. The Hall–Kier alpha value is -1.96. The van der Waals surface area contributed by atoms with E-state index in [0.717, 1.165) is 31.6 Å².